The summed E-state index contributed by atoms with van der Waals surface area (Å²) >= 11 is 3.46. The van der Waals surface area contributed by atoms with Crippen LogP contribution in [-0.2, 0) is 29.9 Å². The van der Waals surface area contributed by atoms with E-state index >= 15 is 0 Å². The van der Waals surface area contributed by atoms with Crippen LogP contribution in [0.3, 0.4) is 0 Å². The molecule has 3 rings (SSSR count). The Kier molecular flexibility index (Phi) is 11.1. The van der Waals surface area contributed by atoms with E-state index in [9.17, 15) is 13.2 Å². The van der Waals surface area contributed by atoms with Crippen molar-refractivity contribution in [2.24, 2.45) is 0 Å². The third-order valence-electron chi connectivity index (χ3n) is 4.16. The first-order valence-corrected chi connectivity index (χ1v) is 11.8. The van der Waals surface area contributed by atoms with Crippen molar-refractivity contribution in [1.29, 1.82) is 0 Å². The van der Waals surface area contributed by atoms with Gasteiger partial charge in [0.25, 0.3) is 0 Å². The molecule has 9 heteroatoms. The minimum atomic E-state index is -4.50. The molecule has 0 radical (unpaired) electrons. The van der Waals surface area contributed by atoms with Gasteiger partial charge in [0.1, 0.15) is 5.69 Å². The van der Waals surface area contributed by atoms with E-state index in [-0.39, 0.29) is 13.1 Å². The van der Waals surface area contributed by atoms with Crippen molar-refractivity contribution in [3.05, 3.63) is 54.5 Å². The molecule has 0 aliphatic rings. The van der Waals surface area contributed by atoms with Crippen molar-refractivity contribution in [2.45, 2.75) is 45.2 Å². The number of hydrogen-bond acceptors (Lipinski definition) is 3. The van der Waals surface area contributed by atoms with E-state index in [1.165, 1.54) is 24.8 Å². The van der Waals surface area contributed by atoms with Gasteiger partial charge in [-0.15, -0.1) is 11.3 Å². The van der Waals surface area contributed by atoms with Gasteiger partial charge in [-0.05, 0) is 53.6 Å². The number of rotatable bonds is 7. The summed E-state index contributed by atoms with van der Waals surface area (Å²) in [6.07, 6.45) is 2.89. The van der Waals surface area contributed by atoms with Crippen molar-refractivity contribution < 1.29 is 30.5 Å². The van der Waals surface area contributed by atoms with Gasteiger partial charge in [0.2, 0.25) is 0 Å². The van der Waals surface area contributed by atoms with E-state index in [4.69, 9.17) is 0 Å². The molecule has 0 amide bonds. The predicted molar refractivity (Wildman–Crippen MR) is 109 cm³/mol. The first-order valence-electron chi connectivity index (χ1n) is 8.73. The summed E-state index contributed by atoms with van der Waals surface area (Å²) < 4.78 is 38.2. The number of thiophene rings is 1. The van der Waals surface area contributed by atoms with E-state index in [0.29, 0.717) is 5.69 Å². The molecule has 0 aliphatic heterocycles. The van der Waals surface area contributed by atoms with Gasteiger partial charge in [0.15, 0.2) is 0 Å². The number of aromatic nitrogens is 3. The second-order valence-electron chi connectivity index (χ2n) is 6.13. The maximum absolute atomic E-state index is 12.7. The molecule has 0 bridgehead atoms. The van der Waals surface area contributed by atoms with E-state index in [1.807, 2.05) is 23.4 Å². The summed E-state index contributed by atoms with van der Waals surface area (Å²) in [7, 11) is 4.57. The van der Waals surface area contributed by atoms with Gasteiger partial charge in [-0.1, -0.05) is 31.9 Å². The molecule has 0 aromatic carbocycles. The zero-order chi connectivity index (χ0) is 20.6. The number of unbranched alkanes of at least 4 members (excludes halogenated alkanes) is 3. The Labute approximate surface area is 187 Å². The second kappa shape index (κ2) is 12.5. The predicted octanol–water partition coefficient (Wildman–Crippen LogP) is 7.11. The molecule has 0 saturated heterocycles. The van der Waals surface area contributed by atoms with E-state index in [1.54, 1.807) is 23.6 Å². The summed E-state index contributed by atoms with van der Waals surface area (Å²) in [6, 6.07) is 6.72. The zero-order valence-electron chi connectivity index (χ0n) is 16.1. The summed E-state index contributed by atoms with van der Waals surface area (Å²) in [5.74, 6) is 0. The van der Waals surface area contributed by atoms with Gasteiger partial charge < -0.3 is 17.6 Å². The Hall–Kier alpha value is -1.24. The van der Waals surface area contributed by atoms with E-state index in [0.717, 1.165) is 29.3 Å². The third-order valence-corrected chi connectivity index (χ3v) is 5.17. The molecule has 0 spiro atoms. The third kappa shape index (κ3) is 7.19. The Bertz CT molecular complexity index is 865. The molecule has 3 heterocycles. The average Bonchev–Trinajstić information content (AvgIpc) is 3.36. The molecule has 3 nitrogen and oxygen atoms in total. The quantitative estimate of drug-likeness (QED) is 0.186. The molecule has 29 heavy (non-hydrogen) atoms. The molecular weight excluding hydrogens is 508 g/mol. The molecule has 0 N–H and O–H groups in total. The monoisotopic (exact) mass is 530 g/mol. The zero-order valence-corrected chi connectivity index (χ0v) is 19.4. The first-order chi connectivity index (χ1) is 13.5. The molecule has 0 atom stereocenters. The topological polar surface area (TPSA) is 39.9 Å². The van der Waals surface area contributed by atoms with Crippen molar-refractivity contribution >= 4 is 21.0 Å². The number of alkyl halides is 3. The van der Waals surface area contributed by atoms with Crippen molar-refractivity contribution in [3.63, 3.8) is 0 Å². The molecule has 159 valence electrons. The number of pyridine rings is 1. The second-order valence-corrected chi connectivity index (χ2v) is 7.04. The fourth-order valence-electron chi connectivity index (χ4n) is 2.80. The van der Waals surface area contributed by atoms with Crippen molar-refractivity contribution in [3.8, 4) is 21.8 Å². The Balaban J connectivity index is 0.00000136. The first kappa shape index (κ1) is 25.8. The van der Waals surface area contributed by atoms with Crippen LogP contribution >= 0.6 is 21.0 Å². The summed E-state index contributed by atoms with van der Waals surface area (Å²) in [5.41, 5.74) is 1.77. The van der Waals surface area contributed by atoms with Crippen molar-refractivity contribution in [1.82, 2.24) is 15.2 Å². The van der Waals surface area contributed by atoms with Gasteiger partial charge >= 0.3 is 33.2 Å². The van der Waals surface area contributed by atoms with Gasteiger partial charge in [-0.2, -0.15) is 13.2 Å². The summed E-state index contributed by atoms with van der Waals surface area (Å²) in [4.78, 5) is 5.31. The minimum absolute atomic E-state index is 0. The maximum atomic E-state index is 12.7. The molecule has 3 aromatic heterocycles. The van der Waals surface area contributed by atoms with Gasteiger partial charge in [-0.25, -0.2) is 0 Å². The fourth-order valence-corrected chi connectivity index (χ4v) is 3.75. The van der Waals surface area contributed by atoms with Gasteiger partial charge in [0, 0.05) is 11.1 Å². The SMILES string of the molecule is CCCCCCc1ccsc1-c1ccnc(-c2cc(C(F)(F)F)n[n-]2)c1.[CH3-].[Cl][Ru+2]. The molecule has 0 aliphatic carbocycles. The Morgan fingerprint density at radius 1 is 1.14 bits per heavy atom. The molecule has 0 saturated carbocycles. The van der Waals surface area contributed by atoms with Crippen LogP contribution in [-0.4, -0.2) is 10.1 Å². The van der Waals surface area contributed by atoms with Crippen LogP contribution in [0.5, 0.6) is 0 Å². The van der Waals surface area contributed by atoms with Crippen LogP contribution in [0, 0.1) is 7.43 Å². The van der Waals surface area contributed by atoms with Crippen LogP contribution in [0.2, 0.25) is 0 Å². The number of nitrogens with zero attached hydrogens (tertiary/aromatic N) is 3. The van der Waals surface area contributed by atoms with Crippen LogP contribution in [0.1, 0.15) is 43.9 Å². The standard InChI is InChI=1S/C19H19F3N3S.CH3.ClH.Ru/c1-2-3-4-5-6-13-8-10-26-18(13)14-7-9-23-15(11-14)16-12-17(25-24-16)19(20,21)22;;;/h7-12H,2-6H2,1H3;1H3;1H;/q2*-1;;+3/p-1. The van der Waals surface area contributed by atoms with Crippen LogP contribution < -0.4 is 5.10 Å². The molecule has 0 fully saturated rings. The molecular formula is C20H22ClF3N3RuS. The molecule has 3 aromatic rings. The normalized spacial score (nSPS) is 10.8. The van der Waals surface area contributed by atoms with Crippen LogP contribution in [0.15, 0.2) is 35.8 Å². The van der Waals surface area contributed by atoms with E-state index < -0.39 is 11.9 Å². The average molecular weight is 530 g/mol. The number of aryl methyl sites for hydroxylation is 1. The summed E-state index contributed by atoms with van der Waals surface area (Å²) in [6.45, 7) is 2.19. The Morgan fingerprint density at radius 3 is 2.55 bits per heavy atom. The Morgan fingerprint density at radius 2 is 1.90 bits per heavy atom. The number of hydrogen-bond donors (Lipinski definition) is 0. The molecule has 0 unspecified atom stereocenters. The number of halogens is 4. The van der Waals surface area contributed by atoms with Gasteiger partial charge in [0.05, 0.1) is 5.69 Å². The fraction of sp³-hybridized carbons (Fsp3) is 0.350. The van der Waals surface area contributed by atoms with Crippen LogP contribution in [0.25, 0.3) is 21.8 Å². The van der Waals surface area contributed by atoms with Crippen molar-refractivity contribution in [2.75, 3.05) is 0 Å². The van der Waals surface area contributed by atoms with E-state index in [2.05, 4.69) is 43.2 Å². The van der Waals surface area contributed by atoms with Crippen LogP contribution in [0.4, 0.5) is 13.2 Å². The van der Waals surface area contributed by atoms with Gasteiger partial charge in [-0.3, -0.25) is 4.98 Å². The summed E-state index contributed by atoms with van der Waals surface area (Å²) in [5, 5.41) is 8.91.